The molecule has 1 heterocycles. The van der Waals surface area contributed by atoms with Crippen molar-refractivity contribution in [1.82, 2.24) is 0 Å². The molecule has 1 fully saturated rings. The lowest BCUT2D eigenvalue weighted by Crippen LogP contribution is -2.35. The third-order valence-electron chi connectivity index (χ3n) is 10.8. The fourth-order valence-corrected chi connectivity index (χ4v) is 12.9. The van der Waals surface area contributed by atoms with Crippen LogP contribution in [0.3, 0.4) is 0 Å². The molecule has 0 bridgehead atoms. The molecule has 0 saturated carbocycles. The second kappa shape index (κ2) is 18.8. The first-order valence-electron chi connectivity index (χ1n) is 20.8. The van der Waals surface area contributed by atoms with Crippen molar-refractivity contribution in [2.45, 2.75) is 31.8 Å². The lowest BCUT2D eigenvalue weighted by Gasteiger charge is -2.27. The number of hydrogen-bond acceptors (Lipinski definition) is 4. The maximum Gasteiger partial charge on any atom is 0.164 e. The first kappa shape index (κ1) is 40.5. The van der Waals surface area contributed by atoms with Gasteiger partial charge in [0, 0.05) is 21.7 Å². The second-order valence-electron chi connectivity index (χ2n) is 15.4. The van der Waals surface area contributed by atoms with Gasteiger partial charge in [0.15, 0.2) is 5.79 Å². The van der Waals surface area contributed by atoms with Crippen LogP contribution in [0.2, 0.25) is 0 Å². The molecule has 1 saturated heterocycles. The van der Waals surface area contributed by atoms with Crippen molar-refractivity contribution in [1.29, 1.82) is 0 Å². The van der Waals surface area contributed by atoms with Crippen LogP contribution in [-0.4, -0.2) is 31.2 Å². The monoisotopic (exact) mass is 834 g/mol. The number of rotatable bonds is 14. The molecule has 0 spiro atoms. The molecule has 1 aliphatic rings. The van der Waals surface area contributed by atoms with Gasteiger partial charge in [0.05, 0.1) is 0 Å². The summed E-state index contributed by atoms with van der Waals surface area (Å²) >= 11 is 0. The summed E-state index contributed by atoms with van der Waals surface area (Å²) < 4.78 is 27.7. The minimum Gasteiger partial charge on any atom is -0.489 e. The summed E-state index contributed by atoms with van der Waals surface area (Å²) in [4.78, 5) is 0. The van der Waals surface area contributed by atoms with Crippen LogP contribution in [0.25, 0.3) is 22.3 Å². The SMILES string of the molecule is CC1(C)O[C@@H](COc2c(-c3ccccc3)cccc2P(c2ccccc2)c2ccccc2)[C@H](COc2c(-c3ccccc3)cccc2P(c2ccccc2)c2ccccc2)O1. The molecule has 2 atom stereocenters. The first-order chi connectivity index (χ1) is 30.0. The third kappa shape index (κ3) is 9.25. The Balaban J connectivity index is 1.08. The van der Waals surface area contributed by atoms with E-state index in [9.17, 15) is 0 Å². The van der Waals surface area contributed by atoms with Gasteiger partial charge in [-0.2, -0.15) is 0 Å². The van der Waals surface area contributed by atoms with Gasteiger partial charge in [-0.1, -0.05) is 218 Å². The highest BCUT2D eigenvalue weighted by molar-refractivity contribution is 7.80. The van der Waals surface area contributed by atoms with Crippen molar-refractivity contribution in [2.75, 3.05) is 13.2 Å². The first-order valence-corrected chi connectivity index (χ1v) is 23.5. The van der Waals surface area contributed by atoms with Gasteiger partial charge in [0.25, 0.3) is 0 Å². The predicted molar refractivity (Wildman–Crippen MR) is 256 cm³/mol. The van der Waals surface area contributed by atoms with Gasteiger partial charge in [-0.15, -0.1) is 0 Å². The minimum absolute atomic E-state index is 0.273. The van der Waals surface area contributed by atoms with Gasteiger partial charge in [-0.05, 0) is 62.0 Å². The van der Waals surface area contributed by atoms with Crippen molar-refractivity contribution in [3.63, 3.8) is 0 Å². The van der Waals surface area contributed by atoms with E-state index in [1.165, 1.54) is 21.2 Å². The fourth-order valence-electron chi connectivity index (χ4n) is 8.08. The summed E-state index contributed by atoms with van der Waals surface area (Å²) in [5.74, 6) is 0.870. The van der Waals surface area contributed by atoms with E-state index >= 15 is 0 Å². The highest BCUT2D eigenvalue weighted by atomic mass is 31.1. The van der Waals surface area contributed by atoms with Crippen molar-refractivity contribution < 1.29 is 18.9 Å². The average molecular weight is 835 g/mol. The van der Waals surface area contributed by atoms with Crippen LogP contribution >= 0.6 is 15.8 Å². The predicted octanol–water partition coefficient (Wildman–Crippen LogP) is 10.5. The Morgan fingerprint density at radius 2 is 0.672 bits per heavy atom. The third-order valence-corrected chi connectivity index (χ3v) is 15.7. The van der Waals surface area contributed by atoms with Gasteiger partial charge < -0.3 is 18.9 Å². The van der Waals surface area contributed by atoms with E-state index < -0.39 is 33.8 Å². The largest absolute Gasteiger partial charge is 0.489 e. The molecule has 0 aliphatic carbocycles. The maximum atomic E-state index is 7.14. The van der Waals surface area contributed by atoms with Crippen molar-refractivity contribution >= 4 is 47.7 Å². The van der Waals surface area contributed by atoms with E-state index in [2.05, 4.69) is 218 Å². The lowest BCUT2D eigenvalue weighted by molar-refractivity contribution is -0.150. The Morgan fingerprint density at radius 1 is 0.377 bits per heavy atom. The molecule has 4 nitrogen and oxygen atoms in total. The molecule has 9 rings (SSSR count). The van der Waals surface area contributed by atoms with E-state index in [-0.39, 0.29) is 13.2 Å². The quantitative estimate of drug-likeness (QED) is 0.102. The van der Waals surface area contributed by atoms with Gasteiger partial charge >= 0.3 is 0 Å². The highest BCUT2D eigenvalue weighted by Gasteiger charge is 2.43. The summed E-state index contributed by atoms with van der Waals surface area (Å²) in [5, 5.41) is 7.32. The van der Waals surface area contributed by atoms with Crippen LogP contribution in [0, 0.1) is 0 Å². The normalized spacial score (nSPS) is 15.8. The molecule has 0 N–H and O–H groups in total. The molecule has 302 valence electrons. The zero-order chi connectivity index (χ0) is 41.4. The molecule has 0 unspecified atom stereocenters. The van der Waals surface area contributed by atoms with Crippen molar-refractivity contribution in [2.24, 2.45) is 0 Å². The summed E-state index contributed by atoms with van der Waals surface area (Å²) in [6.07, 6.45) is -0.827. The summed E-state index contributed by atoms with van der Waals surface area (Å²) in [5.41, 5.74) is 4.27. The van der Waals surface area contributed by atoms with E-state index in [0.29, 0.717) is 0 Å². The molecule has 0 radical (unpaired) electrons. The Kier molecular flexibility index (Phi) is 12.5. The van der Waals surface area contributed by atoms with E-state index in [0.717, 1.165) is 44.4 Å². The van der Waals surface area contributed by atoms with Crippen LogP contribution in [0.15, 0.2) is 218 Å². The Hall–Kier alpha value is -5.86. The molecule has 0 aromatic heterocycles. The standard InChI is InChI=1S/C55H48O4P2/c1-55(2)58-49(39-56-53-47(41-23-9-3-10-24-41)35-21-37-51(53)60(43-27-13-5-14-28-43)44-29-15-6-16-30-44)50(59-55)40-57-54-48(42-25-11-4-12-26-42)36-22-38-52(54)61(45-31-17-7-18-32-45)46-33-19-8-20-34-46/h3-38,49-50H,39-40H2,1-2H3/t49-,50-/m0/s1. The molecule has 8 aromatic rings. The number of hydrogen-bond donors (Lipinski definition) is 0. The second-order valence-corrected chi connectivity index (χ2v) is 19.8. The van der Waals surface area contributed by atoms with Crippen LogP contribution in [-0.2, 0) is 9.47 Å². The van der Waals surface area contributed by atoms with Crippen LogP contribution < -0.4 is 41.3 Å². The Morgan fingerprint density at radius 3 is 0.984 bits per heavy atom. The molecular formula is C55H48O4P2. The minimum atomic E-state index is -0.959. The fraction of sp³-hybridized carbons (Fsp3) is 0.127. The topological polar surface area (TPSA) is 36.9 Å². The van der Waals surface area contributed by atoms with Crippen molar-refractivity contribution in [3.8, 4) is 33.8 Å². The molecule has 61 heavy (non-hydrogen) atoms. The van der Waals surface area contributed by atoms with Gasteiger partial charge in [-0.25, -0.2) is 0 Å². The van der Waals surface area contributed by atoms with E-state index in [4.69, 9.17) is 18.9 Å². The number of para-hydroxylation sites is 2. The summed E-state index contributed by atoms with van der Waals surface area (Å²) in [7, 11) is -1.92. The van der Waals surface area contributed by atoms with E-state index in [1.54, 1.807) is 0 Å². The Labute approximate surface area is 362 Å². The van der Waals surface area contributed by atoms with Gasteiger partial charge in [-0.3, -0.25) is 0 Å². The van der Waals surface area contributed by atoms with Crippen LogP contribution in [0.1, 0.15) is 13.8 Å². The molecule has 8 aromatic carbocycles. The highest BCUT2D eigenvalue weighted by Crippen LogP contribution is 2.43. The van der Waals surface area contributed by atoms with Gasteiger partial charge in [0.1, 0.15) is 36.9 Å². The average Bonchev–Trinajstić information content (AvgIpc) is 3.62. The van der Waals surface area contributed by atoms with Crippen molar-refractivity contribution in [3.05, 3.63) is 218 Å². The molecular weight excluding hydrogens is 787 g/mol. The van der Waals surface area contributed by atoms with Crippen LogP contribution in [0.4, 0.5) is 0 Å². The zero-order valence-electron chi connectivity index (χ0n) is 34.4. The Bertz CT molecular complexity index is 2360. The molecule has 1 aliphatic heterocycles. The lowest BCUT2D eigenvalue weighted by atomic mass is 10.0. The maximum absolute atomic E-state index is 7.14. The zero-order valence-corrected chi connectivity index (χ0v) is 36.2. The smallest absolute Gasteiger partial charge is 0.164 e. The van der Waals surface area contributed by atoms with Gasteiger partial charge in [0.2, 0.25) is 0 Å². The summed E-state index contributed by atoms with van der Waals surface area (Å²) in [6, 6.07) is 77.2. The number of ether oxygens (including phenoxy) is 4. The number of benzene rings is 8. The molecule has 6 heteroatoms. The van der Waals surface area contributed by atoms with E-state index in [1.807, 2.05) is 13.8 Å². The summed E-state index contributed by atoms with van der Waals surface area (Å²) in [6.45, 7) is 4.49. The van der Waals surface area contributed by atoms with Crippen LogP contribution in [0.5, 0.6) is 11.5 Å². The molecule has 0 amide bonds.